The van der Waals surface area contributed by atoms with Gasteiger partial charge < -0.3 is 5.32 Å². The van der Waals surface area contributed by atoms with Crippen LogP contribution in [0.25, 0.3) is 0 Å². The number of aromatic nitrogens is 2. The molecule has 0 aliphatic heterocycles. The molecule has 17 heavy (non-hydrogen) atoms. The fourth-order valence-corrected chi connectivity index (χ4v) is 2.42. The summed E-state index contributed by atoms with van der Waals surface area (Å²) in [6, 6.07) is 2.15. The van der Waals surface area contributed by atoms with E-state index in [1.165, 1.54) is 0 Å². The summed E-state index contributed by atoms with van der Waals surface area (Å²) in [6.45, 7) is 3.89. The highest BCUT2D eigenvalue weighted by Gasteiger charge is 2.49. The van der Waals surface area contributed by atoms with Crippen molar-refractivity contribution in [2.24, 2.45) is 18.4 Å². The third-order valence-electron chi connectivity index (χ3n) is 3.30. The second-order valence-electron chi connectivity index (χ2n) is 4.96. The minimum Gasteiger partial charge on any atom is -0.322 e. The fourth-order valence-electron chi connectivity index (χ4n) is 2.42. The molecule has 0 atom stereocenters. The van der Waals surface area contributed by atoms with Crippen molar-refractivity contribution in [1.82, 2.24) is 9.78 Å². The van der Waals surface area contributed by atoms with E-state index in [4.69, 9.17) is 5.26 Å². The number of hydrogen-bond acceptors (Lipinski definition) is 3. The number of carbonyl (C=O) groups excluding carboxylic acids is 1. The van der Waals surface area contributed by atoms with E-state index in [0.717, 1.165) is 5.69 Å². The smallest absolute Gasteiger partial charge is 0.244 e. The van der Waals surface area contributed by atoms with Gasteiger partial charge in [0, 0.05) is 13.2 Å². The summed E-state index contributed by atoms with van der Waals surface area (Å²) in [4.78, 5) is 12.1. The predicted octanol–water partition coefficient (Wildman–Crippen LogP) is 1.61. The van der Waals surface area contributed by atoms with Crippen molar-refractivity contribution in [2.45, 2.75) is 26.7 Å². The second-order valence-corrected chi connectivity index (χ2v) is 4.96. The van der Waals surface area contributed by atoms with Gasteiger partial charge in [-0.25, -0.2) is 0 Å². The Bertz CT molecular complexity index is 491. The molecule has 0 saturated heterocycles. The number of nitrogens with zero attached hydrogens (tertiary/aromatic N) is 3. The van der Waals surface area contributed by atoms with E-state index >= 15 is 0 Å². The monoisotopic (exact) mass is 232 g/mol. The summed E-state index contributed by atoms with van der Waals surface area (Å²) < 4.78 is 1.65. The maximum absolute atomic E-state index is 12.1. The molecule has 1 saturated carbocycles. The van der Waals surface area contributed by atoms with Gasteiger partial charge in [-0.1, -0.05) is 6.92 Å². The minimum absolute atomic E-state index is 0.200. The van der Waals surface area contributed by atoms with Crippen LogP contribution in [0.1, 0.15) is 25.5 Å². The Kier molecular flexibility index (Phi) is 2.66. The zero-order chi connectivity index (χ0) is 12.6. The topological polar surface area (TPSA) is 70.7 Å². The molecule has 90 valence electrons. The van der Waals surface area contributed by atoms with E-state index in [9.17, 15) is 4.79 Å². The first kappa shape index (κ1) is 11.6. The van der Waals surface area contributed by atoms with Gasteiger partial charge in [0.25, 0.3) is 0 Å². The van der Waals surface area contributed by atoms with Crippen molar-refractivity contribution < 1.29 is 4.79 Å². The molecule has 1 heterocycles. The van der Waals surface area contributed by atoms with Crippen LogP contribution in [0, 0.1) is 29.6 Å². The van der Waals surface area contributed by atoms with Gasteiger partial charge in [0.1, 0.15) is 5.41 Å². The summed E-state index contributed by atoms with van der Waals surface area (Å²) in [5.41, 5.74) is 0.620. The third-order valence-corrected chi connectivity index (χ3v) is 3.30. The summed E-state index contributed by atoms with van der Waals surface area (Å²) in [6.07, 6.45) is 3.05. The number of nitriles is 1. The maximum Gasteiger partial charge on any atom is 0.244 e. The van der Waals surface area contributed by atoms with Gasteiger partial charge in [-0.15, -0.1) is 0 Å². The molecular weight excluding hydrogens is 216 g/mol. The highest BCUT2D eigenvalue weighted by Crippen LogP contribution is 2.45. The van der Waals surface area contributed by atoms with Gasteiger partial charge in [-0.2, -0.15) is 10.4 Å². The molecule has 1 aromatic heterocycles. The Morgan fingerprint density at radius 3 is 2.76 bits per heavy atom. The highest BCUT2D eigenvalue weighted by molar-refractivity contribution is 5.98. The van der Waals surface area contributed by atoms with E-state index in [-0.39, 0.29) is 5.91 Å². The zero-order valence-corrected chi connectivity index (χ0v) is 10.3. The lowest BCUT2D eigenvalue weighted by Gasteiger charge is -2.39. The molecule has 5 heteroatoms. The number of aryl methyl sites for hydroxylation is 2. The normalized spacial score (nSPS) is 27.1. The van der Waals surface area contributed by atoms with Crippen LogP contribution in [0.2, 0.25) is 0 Å². The lowest BCUT2D eigenvalue weighted by Crippen LogP contribution is -2.45. The molecule has 5 nitrogen and oxygen atoms in total. The summed E-state index contributed by atoms with van der Waals surface area (Å²) in [7, 11) is 1.80. The van der Waals surface area contributed by atoms with Gasteiger partial charge in [0.05, 0.1) is 17.5 Å². The number of rotatable bonds is 2. The molecule has 1 N–H and O–H groups in total. The lowest BCUT2D eigenvalue weighted by molar-refractivity contribution is -0.128. The van der Waals surface area contributed by atoms with Crippen molar-refractivity contribution in [3.8, 4) is 6.07 Å². The Morgan fingerprint density at radius 2 is 2.35 bits per heavy atom. The maximum atomic E-state index is 12.1. The van der Waals surface area contributed by atoms with Gasteiger partial charge in [0.2, 0.25) is 5.91 Å². The number of amides is 1. The van der Waals surface area contributed by atoms with Crippen LogP contribution in [-0.4, -0.2) is 15.7 Å². The van der Waals surface area contributed by atoms with E-state index in [0.29, 0.717) is 24.4 Å². The minimum atomic E-state index is -0.832. The Hall–Kier alpha value is -1.83. The molecule has 1 aromatic rings. The average molecular weight is 232 g/mol. The van der Waals surface area contributed by atoms with Gasteiger partial charge in [0.15, 0.2) is 0 Å². The fraction of sp³-hybridized carbons (Fsp3) is 0.583. The molecule has 2 rings (SSSR count). The largest absolute Gasteiger partial charge is 0.322 e. The number of anilines is 1. The van der Waals surface area contributed by atoms with Crippen molar-refractivity contribution in [2.75, 3.05) is 5.32 Å². The quantitative estimate of drug-likeness (QED) is 0.842. The first-order valence-corrected chi connectivity index (χ1v) is 5.70. The van der Waals surface area contributed by atoms with Crippen molar-refractivity contribution >= 4 is 11.6 Å². The zero-order valence-electron chi connectivity index (χ0n) is 10.3. The third kappa shape index (κ3) is 1.91. The van der Waals surface area contributed by atoms with Crippen LogP contribution in [0.4, 0.5) is 5.69 Å². The van der Waals surface area contributed by atoms with Crippen molar-refractivity contribution in [3.63, 3.8) is 0 Å². The number of hydrogen-bond donors (Lipinski definition) is 1. The molecule has 0 aromatic carbocycles. The van der Waals surface area contributed by atoms with Crippen LogP contribution >= 0.6 is 0 Å². The summed E-state index contributed by atoms with van der Waals surface area (Å²) in [5, 5.41) is 16.1. The molecule has 1 amide bonds. The number of nitrogens with one attached hydrogen (secondary N) is 1. The van der Waals surface area contributed by atoms with Crippen molar-refractivity contribution in [1.29, 1.82) is 5.26 Å². The van der Waals surface area contributed by atoms with Crippen molar-refractivity contribution in [3.05, 3.63) is 11.9 Å². The predicted molar refractivity (Wildman–Crippen MR) is 63.0 cm³/mol. The van der Waals surface area contributed by atoms with Gasteiger partial charge >= 0.3 is 0 Å². The summed E-state index contributed by atoms with van der Waals surface area (Å²) >= 11 is 0. The number of carbonyl (C=O) groups is 1. The van der Waals surface area contributed by atoms with Crippen LogP contribution in [0.15, 0.2) is 6.20 Å². The molecule has 1 aliphatic carbocycles. The van der Waals surface area contributed by atoms with E-state index in [1.807, 2.05) is 6.92 Å². The molecular formula is C12H16N4O. The van der Waals surface area contributed by atoms with Gasteiger partial charge in [-0.05, 0) is 25.7 Å². The van der Waals surface area contributed by atoms with Crippen LogP contribution in [-0.2, 0) is 11.8 Å². The van der Waals surface area contributed by atoms with E-state index in [1.54, 1.807) is 17.9 Å². The Morgan fingerprint density at radius 1 is 1.71 bits per heavy atom. The molecule has 0 radical (unpaired) electrons. The summed E-state index contributed by atoms with van der Waals surface area (Å²) in [5.74, 6) is 0.254. The van der Waals surface area contributed by atoms with Crippen LogP contribution in [0.5, 0.6) is 0 Å². The Balaban J connectivity index is 2.12. The first-order valence-electron chi connectivity index (χ1n) is 5.70. The lowest BCUT2D eigenvalue weighted by atomic mass is 9.63. The Labute approximate surface area is 100 Å². The van der Waals surface area contributed by atoms with Crippen LogP contribution < -0.4 is 5.32 Å². The van der Waals surface area contributed by atoms with Crippen LogP contribution in [0.3, 0.4) is 0 Å². The van der Waals surface area contributed by atoms with E-state index in [2.05, 4.69) is 23.4 Å². The molecule has 1 aliphatic rings. The van der Waals surface area contributed by atoms with E-state index < -0.39 is 5.41 Å². The molecule has 0 bridgehead atoms. The first-order chi connectivity index (χ1) is 7.97. The standard InChI is InChI=1S/C12H16N4O/c1-8-4-12(5-8,7-13)11(17)14-10-6-16(3)15-9(10)2/h6,8H,4-5H2,1-3H3,(H,14,17). The SMILES string of the molecule is Cc1nn(C)cc1NC(=O)C1(C#N)CC(C)C1. The highest BCUT2D eigenvalue weighted by atomic mass is 16.2. The molecule has 0 unspecified atom stereocenters. The average Bonchev–Trinajstić information content (AvgIpc) is 2.52. The molecule has 1 fully saturated rings. The second kappa shape index (κ2) is 3.88. The molecule has 0 spiro atoms. The van der Waals surface area contributed by atoms with Gasteiger partial charge in [-0.3, -0.25) is 9.48 Å².